The maximum Gasteiger partial charge on any atom is 0.142 e. The molecule has 1 nitrogen and oxygen atoms in total. The van der Waals surface area contributed by atoms with Gasteiger partial charge >= 0.3 is 0 Å². The van der Waals surface area contributed by atoms with Crippen molar-refractivity contribution in [2.45, 2.75) is 12.5 Å². The number of rotatable bonds is 3. The summed E-state index contributed by atoms with van der Waals surface area (Å²) in [7, 11) is 0. The Morgan fingerprint density at radius 2 is 1.89 bits per heavy atom. The molecule has 2 rings (SSSR count). The smallest absolute Gasteiger partial charge is 0.142 e. The molecule has 0 bridgehead atoms. The van der Waals surface area contributed by atoms with Crippen LogP contribution in [0.2, 0.25) is 5.02 Å². The van der Waals surface area contributed by atoms with E-state index in [1.165, 1.54) is 12.1 Å². The Labute approximate surface area is 132 Å². The van der Waals surface area contributed by atoms with Crippen molar-refractivity contribution in [3.63, 3.8) is 0 Å². The second kappa shape index (κ2) is 6.35. The first-order valence-corrected chi connectivity index (χ1v) is 7.50. The van der Waals surface area contributed by atoms with Crippen LogP contribution in [0.4, 0.5) is 4.39 Å². The summed E-state index contributed by atoms with van der Waals surface area (Å²) in [6.07, 6.45) is -0.378. The first-order valence-electron chi connectivity index (χ1n) is 5.54. The topological polar surface area (TPSA) is 20.2 Å². The van der Waals surface area contributed by atoms with Crippen LogP contribution in [0.5, 0.6) is 0 Å². The molecule has 0 radical (unpaired) electrons. The van der Waals surface area contributed by atoms with Crippen LogP contribution in [0.15, 0.2) is 45.3 Å². The predicted molar refractivity (Wildman–Crippen MR) is 81.9 cm³/mol. The van der Waals surface area contributed by atoms with Crippen LogP contribution in [0.3, 0.4) is 0 Å². The zero-order valence-electron chi connectivity index (χ0n) is 9.71. The number of halogens is 4. The van der Waals surface area contributed by atoms with Crippen LogP contribution in [0.25, 0.3) is 0 Å². The van der Waals surface area contributed by atoms with E-state index in [0.717, 1.165) is 14.5 Å². The molecule has 2 aromatic rings. The van der Waals surface area contributed by atoms with Crippen LogP contribution < -0.4 is 0 Å². The lowest BCUT2D eigenvalue weighted by molar-refractivity contribution is 0.177. The molecule has 5 heteroatoms. The van der Waals surface area contributed by atoms with E-state index in [1.807, 2.05) is 18.2 Å². The van der Waals surface area contributed by atoms with Crippen molar-refractivity contribution in [3.8, 4) is 0 Å². The number of aliphatic hydroxyl groups excluding tert-OH is 1. The SMILES string of the molecule is OC(Cc1ccc(Cl)c(F)c1)c1ccc(Br)cc1Br. The van der Waals surface area contributed by atoms with Gasteiger partial charge in [0, 0.05) is 15.4 Å². The molecule has 0 saturated carbocycles. The highest BCUT2D eigenvalue weighted by Gasteiger charge is 2.13. The molecule has 1 N–H and O–H groups in total. The van der Waals surface area contributed by atoms with Gasteiger partial charge in [-0.25, -0.2) is 4.39 Å². The Morgan fingerprint density at radius 3 is 2.53 bits per heavy atom. The molecule has 1 unspecified atom stereocenters. The van der Waals surface area contributed by atoms with Gasteiger partial charge in [-0.2, -0.15) is 0 Å². The summed E-state index contributed by atoms with van der Waals surface area (Å²) in [6.45, 7) is 0. The Bertz CT molecular complexity index is 604. The summed E-state index contributed by atoms with van der Waals surface area (Å²) in [5.41, 5.74) is 1.46. The van der Waals surface area contributed by atoms with E-state index in [1.54, 1.807) is 6.07 Å². The molecular weight excluding hydrogens is 398 g/mol. The molecule has 0 amide bonds. The molecule has 19 heavy (non-hydrogen) atoms. The largest absolute Gasteiger partial charge is 0.388 e. The number of benzene rings is 2. The zero-order chi connectivity index (χ0) is 14.0. The molecule has 100 valence electrons. The molecule has 0 aliphatic carbocycles. The van der Waals surface area contributed by atoms with Crippen molar-refractivity contribution in [2.24, 2.45) is 0 Å². The summed E-state index contributed by atoms with van der Waals surface area (Å²) in [5, 5.41) is 10.3. The summed E-state index contributed by atoms with van der Waals surface area (Å²) in [5.74, 6) is -0.471. The van der Waals surface area contributed by atoms with Gasteiger partial charge in [-0.05, 0) is 35.4 Å². The molecule has 0 aliphatic rings. The van der Waals surface area contributed by atoms with E-state index in [9.17, 15) is 9.50 Å². The van der Waals surface area contributed by atoms with Gasteiger partial charge in [-0.15, -0.1) is 0 Å². The summed E-state index contributed by atoms with van der Waals surface area (Å²) in [4.78, 5) is 0. The van der Waals surface area contributed by atoms with Crippen LogP contribution in [-0.4, -0.2) is 5.11 Å². The lowest BCUT2D eigenvalue weighted by atomic mass is 10.0. The van der Waals surface area contributed by atoms with E-state index in [4.69, 9.17) is 11.6 Å². The number of aliphatic hydroxyl groups is 1. The molecule has 0 saturated heterocycles. The number of hydrogen-bond acceptors (Lipinski definition) is 1. The minimum Gasteiger partial charge on any atom is -0.388 e. The fraction of sp³-hybridized carbons (Fsp3) is 0.143. The summed E-state index contributed by atoms with van der Waals surface area (Å²) >= 11 is 12.4. The van der Waals surface area contributed by atoms with Crippen molar-refractivity contribution < 1.29 is 9.50 Å². The van der Waals surface area contributed by atoms with Gasteiger partial charge in [-0.3, -0.25) is 0 Å². The van der Waals surface area contributed by atoms with E-state index in [-0.39, 0.29) is 5.02 Å². The average molecular weight is 408 g/mol. The normalized spacial score (nSPS) is 12.5. The molecule has 0 aliphatic heterocycles. The Kier molecular flexibility index (Phi) is 5.01. The molecule has 1 atom stereocenters. The molecule has 0 spiro atoms. The third kappa shape index (κ3) is 3.78. The predicted octanol–water partition coefficient (Wildman–Crippen LogP) is 5.28. The van der Waals surface area contributed by atoms with Gasteiger partial charge in [-0.1, -0.05) is 55.6 Å². The third-order valence-corrected chi connectivity index (χ3v) is 4.22. The fourth-order valence-corrected chi connectivity index (χ4v) is 3.20. The Hall–Kier alpha value is -0.420. The lowest BCUT2D eigenvalue weighted by Gasteiger charge is -2.13. The van der Waals surface area contributed by atoms with Crippen molar-refractivity contribution in [3.05, 3.63) is 67.3 Å². The van der Waals surface area contributed by atoms with E-state index in [2.05, 4.69) is 31.9 Å². The molecule has 0 aromatic heterocycles. The van der Waals surface area contributed by atoms with Crippen molar-refractivity contribution in [1.82, 2.24) is 0 Å². The van der Waals surface area contributed by atoms with E-state index < -0.39 is 11.9 Å². The van der Waals surface area contributed by atoms with Gasteiger partial charge < -0.3 is 5.11 Å². The van der Waals surface area contributed by atoms with E-state index >= 15 is 0 Å². The Morgan fingerprint density at radius 1 is 1.16 bits per heavy atom. The molecular formula is C14H10Br2ClFO. The molecule has 0 heterocycles. The molecule has 0 fully saturated rings. The van der Waals surface area contributed by atoms with Gasteiger partial charge in [0.1, 0.15) is 5.82 Å². The van der Waals surface area contributed by atoms with E-state index in [0.29, 0.717) is 12.0 Å². The van der Waals surface area contributed by atoms with Gasteiger partial charge in [0.25, 0.3) is 0 Å². The quantitative estimate of drug-likeness (QED) is 0.733. The van der Waals surface area contributed by atoms with Crippen LogP contribution in [-0.2, 0) is 6.42 Å². The highest BCUT2D eigenvalue weighted by Crippen LogP contribution is 2.29. The maximum atomic E-state index is 13.3. The second-order valence-corrected chi connectivity index (χ2v) is 6.31. The highest BCUT2D eigenvalue weighted by atomic mass is 79.9. The lowest BCUT2D eigenvalue weighted by Crippen LogP contribution is -2.03. The molecule has 2 aromatic carbocycles. The minimum atomic E-state index is -0.706. The van der Waals surface area contributed by atoms with Crippen molar-refractivity contribution in [2.75, 3.05) is 0 Å². The van der Waals surface area contributed by atoms with Gasteiger partial charge in [0.15, 0.2) is 0 Å². The average Bonchev–Trinajstić information content (AvgIpc) is 2.33. The van der Waals surface area contributed by atoms with Gasteiger partial charge in [0.05, 0.1) is 11.1 Å². The second-order valence-electron chi connectivity index (χ2n) is 4.13. The highest BCUT2D eigenvalue weighted by molar-refractivity contribution is 9.11. The Balaban J connectivity index is 2.20. The van der Waals surface area contributed by atoms with Gasteiger partial charge in [0.2, 0.25) is 0 Å². The monoisotopic (exact) mass is 406 g/mol. The standard InChI is InChI=1S/C14H10Br2ClFO/c15-9-2-3-10(11(16)7-9)14(19)6-8-1-4-12(17)13(18)5-8/h1-5,7,14,19H,6H2. The summed E-state index contributed by atoms with van der Waals surface area (Å²) in [6, 6.07) is 10.1. The third-order valence-electron chi connectivity index (χ3n) is 2.73. The van der Waals surface area contributed by atoms with Crippen molar-refractivity contribution >= 4 is 43.5 Å². The fourth-order valence-electron chi connectivity index (χ4n) is 1.77. The van der Waals surface area contributed by atoms with Crippen LogP contribution in [0, 0.1) is 5.82 Å². The maximum absolute atomic E-state index is 13.3. The van der Waals surface area contributed by atoms with Crippen molar-refractivity contribution in [1.29, 1.82) is 0 Å². The summed E-state index contributed by atoms with van der Waals surface area (Å²) < 4.78 is 15.1. The first kappa shape index (κ1) is 15.0. The zero-order valence-corrected chi connectivity index (χ0v) is 13.6. The first-order chi connectivity index (χ1) is 8.97. The van der Waals surface area contributed by atoms with Crippen LogP contribution in [0.1, 0.15) is 17.2 Å². The number of hydrogen-bond donors (Lipinski definition) is 1. The minimum absolute atomic E-state index is 0.0862. The van der Waals surface area contributed by atoms with Crippen LogP contribution >= 0.6 is 43.5 Å².